The summed E-state index contributed by atoms with van der Waals surface area (Å²) in [6.45, 7) is 4.27. The maximum Gasteiger partial charge on any atom is 0.410 e. The normalized spacial score (nSPS) is 11.5. The molecule has 5 nitrogen and oxygen atoms in total. The van der Waals surface area contributed by atoms with E-state index < -0.39 is 18.1 Å². The molecule has 0 bridgehead atoms. The fourth-order valence-corrected chi connectivity index (χ4v) is 3.74. The molecule has 0 saturated heterocycles. The van der Waals surface area contributed by atoms with Crippen LogP contribution in [0.3, 0.4) is 0 Å². The van der Waals surface area contributed by atoms with Crippen molar-refractivity contribution in [3.8, 4) is 0 Å². The molecule has 0 fully saturated rings. The van der Waals surface area contributed by atoms with Gasteiger partial charge in [0, 0.05) is 11.6 Å². The number of nitrogens with zero attached hydrogens (tertiary/aromatic N) is 1. The van der Waals surface area contributed by atoms with Gasteiger partial charge in [-0.15, -0.1) is 0 Å². The van der Waals surface area contributed by atoms with Gasteiger partial charge in [0.15, 0.2) is 0 Å². The highest BCUT2D eigenvalue weighted by atomic mass is 35.5. The van der Waals surface area contributed by atoms with Crippen LogP contribution in [-0.2, 0) is 16.0 Å². The lowest BCUT2D eigenvalue weighted by Crippen LogP contribution is -2.36. The molecule has 3 aromatic rings. The summed E-state index contributed by atoms with van der Waals surface area (Å²) < 4.78 is 10.7. The number of carbonyl (C=O) groups excluding carboxylic acids is 2. The van der Waals surface area contributed by atoms with E-state index in [1.165, 1.54) is 0 Å². The predicted octanol–water partition coefficient (Wildman–Crippen LogP) is 6.26. The van der Waals surface area contributed by atoms with Gasteiger partial charge in [-0.05, 0) is 42.7 Å². The van der Waals surface area contributed by atoms with Crippen molar-refractivity contribution < 1.29 is 19.1 Å². The maximum absolute atomic E-state index is 13.2. The monoisotopic (exact) mass is 451 g/mol. The summed E-state index contributed by atoms with van der Waals surface area (Å²) in [7, 11) is 0. The van der Waals surface area contributed by atoms with Gasteiger partial charge in [0.2, 0.25) is 0 Å². The zero-order chi connectivity index (χ0) is 22.9. The molecule has 0 aliphatic rings. The van der Waals surface area contributed by atoms with E-state index in [0.29, 0.717) is 22.7 Å². The van der Waals surface area contributed by atoms with Crippen molar-refractivity contribution in [2.24, 2.45) is 0 Å². The minimum atomic E-state index is -0.591. The SMILES string of the molecule is CCOC(=O)c1cc(Cl)ccc1C(c1ccccc1)N(Cc1ccccc1)C(=O)OCC. The van der Waals surface area contributed by atoms with Crippen LogP contribution in [0.4, 0.5) is 4.79 Å². The van der Waals surface area contributed by atoms with Gasteiger partial charge in [-0.25, -0.2) is 9.59 Å². The molecule has 0 radical (unpaired) electrons. The fourth-order valence-electron chi connectivity index (χ4n) is 3.56. The van der Waals surface area contributed by atoms with Crippen LogP contribution >= 0.6 is 11.6 Å². The van der Waals surface area contributed by atoms with Crippen molar-refractivity contribution in [1.29, 1.82) is 0 Å². The number of hydrogen-bond acceptors (Lipinski definition) is 4. The summed E-state index contributed by atoms with van der Waals surface area (Å²) in [6, 6.07) is 23.7. The number of amides is 1. The summed E-state index contributed by atoms with van der Waals surface area (Å²) in [5, 5.41) is 0.411. The second kappa shape index (κ2) is 11.3. The van der Waals surface area contributed by atoms with Crippen molar-refractivity contribution >= 4 is 23.7 Å². The van der Waals surface area contributed by atoms with Crippen LogP contribution in [0.1, 0.15) is 46.9 Å². The van der Waals surface area contributed by atoms with Crippen LogP contribution in [0, 0.1) is 0 Å². The lowest BCUT2D eigenvalue weighted by molar-refractivity contribution is 0.0520. The number of esters is 1. The minimum Gasteiger partial charge on any atom is -0.462 e. The third-order valence-electron chi connectivity index (χ3n) is 4.93. The van der Waals surface area contributed by atoms with Gasteiger partial charge >= 0.3 is 12.1 Å². The van der Waals surface area contributed by atoms with Gasteiger partial charge < -0.3 is 9.47 Å². The van der Waals surface area contributed by atoms with E-state index in [0.717, 1.165) is 11.1 Å². The lowest BCUT2D eigenvalue weighted by Gasteiger charge is -2.33. The topological polar surface area (TPSA) is 55.8 Å². The molecule has 0 heterocycles. The zero-order valence-electron chi connectivity index (χ0n) is 18.2. The zero-order valence-corrected chi connectivity index (χ0v) is 18.9. The molecule has 0 aliphatic heterocycles. The predicted molar refractivity (Wildman–Crippen MR) is 125 cm³/mol. The van der Waals surface area contributed by atoms with E-state index in [1.54, 1.807) is 36.9 Å². The summed E-state index contributed by atoms with van der Waals surface area (Å²) in [5.74, 6) is -0.491. The van der Waals surface area contributed by atoms with Crippen LogP contribution in [0.2, 0.25) is 5.02 Å². The summed E-state index contributed by atoms with van der Waals surface area (Å²) in [5.41, 5.74) is 2.70. The molecule has 0 aromatic heterocycles. The summed E-state index contributed by atoms with van der Waals surface area (Å²) >= 11 is 6.22. The molecule has 0 saturated carbocycles. The first-order chi connectivity index (χ1) is 15.5. The van der Waals surface area contributed by atoms with Crippen molar-refractivity contribution in [2.75, 3.05) is 13.2 Å². The van der Waals surface area contributed by atoms with Gasteiger partial charge in [-0.3, -0.25) is 4.90 Å². The first-order valence-electron chi connectivity index (χ1n) is 10.5. The van der Waals surface area contributed by atoms with Crippen molar-refractivity contribution in [3.63, 3.8) is 0 Å². The molecular formula is C26H26ClNO4. The molecule has 32 heavy (non-hydrogen) atoms. The minimum absolute atomic E-state index is 0.229. The molecule has 1 atom stereocenters. The molecule has 3 rings (SSSR count). The van der Waals surface area contributed by atoms with Crippen molar-refractivity contribution in [1.82, 2.24) is 4.90 Å². The van der Waals surface area contributed by atoms with Crippen LogP contribution in [0.25, 0.3) is 0 Å². The Morgan fingerprint density at radius 3 is 2.12 bits per heavy atom. The number of hydrogen-bond donors (Lipinski definition) is 0. The van der Waals surface area contributed by atoms with Gasteiger partial charge in [0.05, 0.1) is 24.8 Å². The fraction of sp³-hybridized carbons (Fsp3) is 0.231. The standard InChI is InChI=1S/C26H26ClNO4/c1-3-31-25(29)23-17-21(27)15-16-22(23)24(20-13-9-6-10-14-20)28(26(30)32-4-2)18-19-11-7-5-8-12-19/h5-17,24H,3-4,18H2,1-2H3. The van der Waals surface area contributed by atoms with E-state index in [4.69, 9.17) is 21.1 Å². The summed E-state index contributed by atoms with van der Waals surface area (Å²) in [6.07, 6.45) is -0.477. The van der Waals surface area contributed by atoms with Crippen LogP contribution in [-0.4, -0.2) is 30.2 Å². The Morgan fingerprint density at radius 2 is 1.50 bits per heavy atom. The number of rotatable bonds is 8. The Labute approximate surface area is 193 Å². The molecule has 1 amide bonds. The maximum atomic E-state index is 13.2. The first-order valence-corrected chi connectivity index (χ1v) is 10.9. The number of carbonyl (C=O) groups is 2. The largest absolute Gasteiger partial charge is 0.462 e. The average molecular weight is 452 g/mol. The number of benzene rings is 3. The van der Waals surface area contributed by atoms with E-state index >= 15 is 0 Å². The van der Waals surface area contributed by atoms with Gasteiger partial charge in [0.1, 0.15) is 0 Å². The van der Waals surface area contributed by atoms with Crippen LogP contribution in [0.15, 0.2) is 78.9 Å². The van der Waals surface area contributed by atoms with E-state index in [2.05, 4.69) is 0 Å². The molecule has 0 aliphatic carbocycles. The second-order valence-electron chi connectivity index (χ2n) is 7.08. The molecule has 3 aromatic carbocycles. The van der Waals surface area contributed by atoms with Gasteiger partial charge in [-0.1, -0.05) is 78.3 Å². The second-order valence-corrected chi connectivity index (χ2v) is 7.51. The Kier molecular flexibility index (Phi) is 8.28. The molecule has 166 valence electrons. The smallest absolute Gasteiger partial charge is 0.410 e. The highest BCUT2D eigenvalue weighted by molar-refractivity contribution is 6.31. The molecule has 0 spiro atoms. The lowest BCUT2D eigenvalue weighted by atomic mass is 9.92. The first kappa shape index (κ1) is 23.4. The third-order valence-corrected chi connectivity index (χ3v) is 5.17. The Bertz CT molecular complexity index is 1040. The quantitative estimate of drug-likeness (QED) is 0.379. The van der Waals surface area contributed by atoms with E-state index in [9.17, 15) is 9.59 Å². The molecular weight excluding hydrogens is 426 g/mol. The highest BCUT2D eigenvalue weighted by Gasteiger charge is 2.31. The van der Waals surface area contributed by atoms with Crippen LogP contribution in [0.5, 0.6) is 0 Å². The third kappa shape index (κ3) is 5.68. The van der Waals surface area contributed by atoms with E-state index in [1.807, 2.05) is 60.7 Å². The van der Waals surface area contributed by atoms with Crippen LogP contribution < -0.4 is 0 Å². The average Bonchev–Trinajstić information content (AvgIpc) is 2.81. The number of halogens is 1. The Hall–Kier alpha value is -3.31. The molecule has 0 N–H and O–H groups in total. The van der Waals surface area contributed by atoms with Crippen molar-refractivity contribution in [2.45, 2.75) is 26.4 Å². The van der Waals surface area contributed by atoms with Gasteiger partial charge in [0.25, 0.3) is 0 Å². The summed E-state index contributed by atoms with van der Waals surface area (Å²) in [4.78, 5) is 27.6. The van der Waals surface area contributed by atoms with Crippen molar-refractivity contribution in [3.05, 3.63) is 106 Å². The van der Waals surface area contributed by atoms with Gasteiger partial charge in [-0.2, -0.15) is 0 Å². The van der Waals surface area contributed by atoms with E-state index in [-0.39, 0.29) is 13.2 Å². The molecule has 1 unspecified atom stereocenters. The molecule has 6 heteroatoms. The Morgan fingerprint density at radius 1 is 0.875 bits per heavy atom. The number of ether oxygens (including phenoxy) is 2. The Balaban J connectivity index is 2.19. The highest BCUT2D eigenvalue weighted by Crippen LogP contribution is 2.34.